The van der Waals surface area contributed by atoms with Crippen LogP contribution in [0.2, 0.25) is 0 Å². The minimum Gasteiger partial charge on any atom is -0.394 e. The van der Waals surface area contributed by atoms with Gasteiger partial charge in [-0.3, -0.25) is 19.3 Å². The number of hydrogen-bond acceptors (Lipinski definition) is 6. The first kappa shape index (κ1) is 17.2. The Morgan fingerprint density at radius 3 is 2.88 bits per heavy atom. The molecule has 2 aromatic heterocycles. The lowest BCUT2D eigenvalue weighted by Gasteiger charge is -2.13. The van der Waals surface area contributed by atoms with E-state index >= 15 is 0 Å². The van der Waals surface area contributed by atoms with Crippen molar-refractivity contribution in [1.82, 2.24) is 25.1 Å². The lowest BCUT2D eigenvalue weighted by atomic mass is 10.3. The Bertz CT molecular complexity index is 938. The number of aliphatic hydroxyl groups is 1. The lowest BCUT2D eigenvalue weighted by Crippen LogP contribution is -2.36. The van der Waals surface area contributed by atoms with E-state index in [1.54, 1.807) is 19.1 Å². The molecule has 2 heterocycles. The zero-order chi connectivity index (χ0) is 17.8. The van der Waals surface area contributed by atoms with E-state index in [1.165, 1.54) is 10.8 Å². The summed E-state index contributed by atoms with van der Waals surface area (Å²) in [5.41, 5.74) is 0.787. The van der Waals surface area contributed by atoms with Crippen LogP contribution in [-0.4, -0.2) is 49.2 Å². The van der Waals surface area contributed by atoms with Crippen LogP contribution in [0, 0.1) is 0 Å². The highest BCUT2D eigenvalue weighted by Crippen LogP contribution is 2.20. The van der Waals surface area contributed by atoms with Gasteiger partial charge in [0.1, 0.15) is 5.39 Å². The normalized spacial score (nSPS) is 12.2. The number of hydrogen-bond donors (Lipinski definition) is 3. The van der Waals surface area contributed by atoms with Crippen LogP contribution in [0.1, 0.15) is 6.92 Å². The maximum atomic E-state index is 12.8. The summed E-state index contributed by atoms with van der Waals surface area (Å²) >= 11 is 1.15. The molecule has 0 bridgehead atoms. The quantitative estimate of drug-likeness (QED) is 0.441. The fourth-order valence-electron chi connectivity index (χ4n) is 2.27. The van der Waals surface area contributed by atoms with E-state index in [1.807, 2.05) is 18.2 Å². The van der Waals surface area contributed by atoms with E-state index < -0.39 is 0 Å². The van der Waals surface area contributed by atoms with Gasteiger partial charge in [-0.2, -0.15) is 5.10 Å². The number of para-hydroxylation sites is 1. The van der Waals surface area contributed by atoms with Crippen LogP contribution in [0.3, 0.4) is 0 Å². The molecule has 8 nitrogen and oxygen atoms in total. The molecular weight excluding hydrogens is 342 g/mol. The van der Waals surface area contributed by atoms with Crippen LogP contribution >= 0.6 is 11.8 Å². The van der Waals surface area contributed by atoms with E-state index in [2.05, 4.69) is 20.5 Å². The van der Waals surface area contributed by atoms with Crippen LogP contribution in [0.15, 0.2) is 46.5 Å². The smallest absolute Gasteiger partial charge is 0.269 e. The second-order valence-corrected chi connectivity index (χ2v) is 6.39. The third-order valence-electron chi connectivity index (χ3n) is 3.48. The van der Waals surface area contributed by atoms with Gasteiger partial charge in [0.15, 0.2) is 10.8 Å². The molecule has 0 fully saturated rings. The summed E-state index contributed by atoms with van der Waals surface area (Å²) in [7, 11) is 0. The molecule has 0 aliphatic heterocycles. The predicted molar refractivity (Wildman–Crippen MR) is 94.9 cm³/mol. The van der Waals surface area contributed by atoms with Crippen molar-refractivity contribution in [3.63, 3.8) is 0 Å². The molecule has 0 aliphatic rings. The fourth-order valence-corrected chi connectivity index (χ4v) is 3.08. The second-order valence-electron chi connectivity index (χ2n) is 5.44. The molecule has 130 valence electrons. The number of aliphatic hydroxyl groups excluding tert-OH is 1. The number of fused-ring (bicyclic) bond motifs is 1. The van der Waals surface area contributed by atoms with Gasteiger partial charge in [0.05, 0.1) is 24.2 Å². The predicted octanol–water partition coefficient (Wildman–Crippen LogP) is 0.698. The van der Waals surface area contributed by atoms with Crippen LogP contribution < -0.4 is 10.9 Å². The van der Waals surface area contributed by atoms with Crippen molar-refractivity contribution in [3.05, 3.63) is 46.9 Å². The van der Waals surface area contributed by atoms with Crippen molar-refractivity contribution in [2.45, 2.75) is 18.1 Å². The zero-order valence-electron chi connectivity index (χ0n) is 13.5. The van der Waals surface area contributed by atoms with Gasteiger partial charge in [-0.05, 0) is 19.1 Å². The number of aromatic nitrogens is 4. The van der Waals surface area contributed by atoms with Gasteiger partial charge in [-0.15, -0.1) is 0 Å². The first-order valence-corrected chi connectivity index (χ1v) is 8.63. The first-order valence-electron chi connectivity index (χ1n) is 7.64. The lowest BCUT2D eigenvalue weighted by molar-refractivity contribution is -0.119. The van der Waals surface area contributed by atoms with E-state index in [9.17, 15) is 9.59 Å². The van der Waals surface area contributed by atoms with Crippen molar-refractivity contribution >= 4 is 28.7 Å². The number of H-pyrrole nitrogens is 1. The number of amides is 1. The van der Waals surface area contributed by atoms with Gasteiger partial charge in [-0.25, -0.2) is 4.98 Å². The number of nitrogens with one attached hydrogen (secondary N) is 2. The molecule has 3 N–H and O–H groups in total. The molecule has 3 aromatic rings. The van der Waals surface area contributed by atoms with Gasteiger partial charge in [0.2, 0.25) is 5.91 Å². The average Bonchev–Trinajstić information content (AvgIpc) is 3.09. The van der Waals surface area contributed by atoms with Gasteiger partial charge in [0.25, 0.3) is 5.56 Å². The number of thioether (sulfide) groups is 1. The number of aromatic amines is 1. The Morgan fingerprint density at radius 2 is 2.16 bits per heavy atom. The SMILES string of the molecule is C[C@@H](CO)NC(=O)CSc1nc2[nH]ncc2c(=O)n1-c1ccccc1. The van der Waals surface area contributed by atoms with Crippen LogP contribution in [0.25, 0.3) is 16.7 Å². The molecule has 0 saturated heterocycles. The largest absolute Gasteiger partial charge is 0.394 e. The number of carbonyl (C=O) groups excluding carboxylic acids is 1. The Kier molecular flexibility index (Phi) is 5.15. The van der Waals surface area contributed by atoms with E-state index in [0.29, 0.717) is 21.9 Å². The first-order chi connectivity index (χ1) is 12.1. The third-order valence-corrected chi connectivity index (χ3v) is 4.42. The van der Waals surface area contributed by atoms with Crippen molar-refractivity contribution in [3.8, 4) is 5.69 Å². The summed E-state index contributed by atoms with van der Waals surface area (Å²) in [6, 6.07) is 8.78. The summed E-state index contributed by atoms with van der Waals surface area (Å²) in [6.45, 7) is 1.57. The minimum absolute atomic E-state index is 0.0727. The summed E-state index contributed by atoms with van der Waals surface area (Å²) in [5.74, 6) is -0.173. The molecule has 0 spiro atoms. The zero-order valence-corrected chi connectivity index (χ0v) is 14.3. The molecule has 1 aromatic carbocycles. The Hall–Kier alpha value is -2.65. The molecule has 1 amide bonds. The van der Waals surface area contributed by atoms with Crippen molar-refractivity contribution in [1.29, 1.82) is 0 Å². The Balaban J connectivity index is 1.96. The highest BCUT2D eigenvalue weighted by atomic mass is 32.2. The van der Waals surface area contributed by atoms with Crippen molar-refractivity contribution in [2.75, 3.05) is 12.4 Å². The number of nitrogens with zero attached hydrogens (tertiary/aromatic N) is 3. The summed E-state index contributed by atoms with van der Waals surface area (Å²) in [4.78, 5) is 29.2. The van der Waals surface area contributed by atoms with Gasteiger partial charge < -0.3 is 10.4 Å². The van der Waals surface area contributed by atoms with E-state index in [0.717, 1.165) is 11.8 Å². The second kappa shape index (κ2) is 7.49. The van der Waals surface area contributed by atoms with Crippen molar-refractivity contribution in [2.24, 2.45) is 0 Å². The molecule has 3 rings (SSSR count). The number of carbonyl (C=O) groups is 1. The van der Waals surface area contributed by atoms with Crippen molar-refractivity contribution < 1.29 is 9.90 Å². The van der Waals surface area contributed by atoms with Crippen LogP contribution in [-0.2, 0) is 4.79 Å². The number of benzene rings is 1. The monoisotopic (exact) mass is 359 g/mol. The summed E-state index contributed by atoms with van der Waals surface area (Å²) in [6.07, 6.45) is 1.44. The molecule has 9 heteroatoms. The molecule has 0 unspecified atom stereocenters. The van der Waals surface area contributed by atoms with Gasteiger partial charge >= 0.3 is 0 Å². The molecule has 25 heavy (non-hydrogen) atoms. The topological polar surface area (TPSA) is 113 Å². The number of rotatable bonds is 6. The van der Waals surface area contributed by atoms with Gasteiger partial charge in [-0.1, -0.05) is 30.0 Å². The molecule has 0 radical (unpaired) electrons. The highest BCUT2D eigenvalue weighted by Gasteiger charge is 2.16. The van der Waals surface area contributed by atoms with Crippen LogP contribution in [0.5, 0.6) is 0 Å². The van der Waals surface area contributed by atoms with E-state index in [-0.39, 0.29) is 29.9 Å². The fraction of sp³-hybridized carbons (Fsp3) is 0.250. The maximum Gasteiger partial charge on any atom is 0.269 e. The van der Waals surface area contributed by atoms with Gasteiger partial charge in [0, 0.05) is 6.04 Å². The Morgan fingerprint density at radius 1 is 1.40 bits per heavy atom. The standard InChI is InChI=1S/C16H17N5O3S/c1-10(8-22)18-13(23)9-25-16-19-14-12(7-17-20-14)15(24)21(16)11-5-3-2-4-6-11/h2-7,10,22H,8-9H2,1H3,(H,17,20)(H,18,23)/t10-/m0/s1. The summed E-state index contributed by atoms with van der Waals surface area (Å²) in [5, 5.41) is 19.0. The third kappa shape index (κ3) is 3.72. The molecule has 0 aliphatic carbocycles. The Labute approximate surface area is 147 Å². The molecule has 1 atom stereocenters. The average molecular weight is 359 g/mol. The van der Waals surface area contributed by atoms with Crippen LogP contribution in [0.4, 0.5) is 0 Å². The minimum atomic E-state index is -0.326. The molecule has 0 saturated carbocycles. The maximum absolute atomic E-state index is 12.8. The van der Waals surface area contributed by atoms with E-state index in [4.69, 9.17) is 5.11 Å². The summed E-state index contributed by atoms with van der Waals surface area (Å²) < 4.78 is 1.46. The molecular formula is C16H17N5O3S. The highest BCUT2D eigenvalue weighted by molar-refractivity contribution is 7.99.